The molecule has 0 aromatic heterocycles. The quantitative estimate of drug-likeness (QED) is 0.849. The fraction of sp³-hybridized carbons (Fsp3) is 0.462. The molecule has 1 heterocycles. The van der Waals surface area contributed by atoms with E-state index in [2.05, 4.69) is 18.7 Å². The molecule has 0 saturated carbocycles. The minimum absolute atomic E-state index is 0.366. The molecule has 1 fully saturated rings. The lowest BCUT2D eigenvalue weighted by Crippen LogP contribution is -2.49. The van der Waals surface area contributed by atoms with Gasteiger partial charge in [-0.25, -0.2) is 4.79 Å². The van der Waals surface area contributed by atoms with Crippen molar-refractivity contribution in [2.24, 2.45) is 11.8 Å². The molecule has 1 aromatic carbocycles. The third kappa shape index (κ3) is 2.03. The Kier molecular flexibility index (Phi) is 2.86. The highest BCUT2D eigenvalue weighted by atomic mass is 16.4. The second-order valence-electron chi connectivity index (χ2n) is 4.76. The summed E-state index contributed by atoms with van der Waals surface area (Å²) in [4.78, 5) is 13.1. The molecular formula is C13H17NO2. The smallest absolute Gasteiger partial charge is 0.335 e. The van der Waals surface area contributed by atoms with Crippen LogP contribution in [0.3, 0.4) is 0 Å². The topological polar surface area (TPSA) is 40.5 Å². The molecule has 0 aliphatic carbocycles. The minimum Gasteiger partial charge on any atom is -0.478 e. The van der Waals surface area contributed by atoms with Gasteiger partial charge in [-0.2, -0.15) is 0 Å². The molecule has 3 heteroatoms. The lowest BCUT2D eigenvalue weighted by atomic mass is 9.88. The van der Waals surface area contributed by atoms with Gasteiger partial charge < -0.3 is 10.0 Å². The Morgan fingerprint density at radius 3 is 2.69 bits per heavy atom. The van der Waals surface area contributed by atoms with E-state index in [1.165, 1.54) is 0 Å². The van der Waals surface area contributed by atoms with Crippen LogP contribution in [0, 0.1) is 11.8 Å². The van der Waals surface area contributed by atoms with E-state index in [1.807, 2.05) is 12.1 Å². The van der Waals surface area contributed by atoms with Crippen LogP contribution in [0.5, 0.6) is 0 Å². The number of hydrogen-bond donors (Lipinski definition) is 1. The molecule has 86 valence electrons. The normalized spacial score (nSPS) is 16.3. The number of anilines is 1. The first-order valence-electron chi connectivity index (χ1n) is 5.66. The predicted octanol–water partition coefficient (Wildman–Crippen LogP) is 2.48. The first-order chi connectivity index (χ1) is 7.58. The van der Waals surface area contributed by atoms with Gasteiger partial charge in [0.15, 0.2) is 0 Å². The molecule has 0 bridgehead atoms. The number of aromatic carboxylic acids is 1. The van der Waals surface area contributed by atoms with Gasteiger partial charge in [0.05, 0.1) is 5.56 Å². The Morgan fingerprint density at radius 2 is 2.12 bits per heavy atom. The van der Waals surface area contributed by atoms with Gasteiger partial charge in [-0.1, -0.05) is 19.9 Å². The van der Waals surface area contributed by atoms with Crippen LogP contribution in [-0.2, 0) is 0 Å². The Labute approximate surface area is 95.7 Å². The largest absolute Gasteiger partial charge is 0.478 e. The second kappa shape index (κ2) is 4.16. The zero-order chi connectivity index (χ0) is 11.7. The van der Waals surface area contributed by atoms with Crippen molar-refractivity contribution in [2.45, 2.75) is 13.8 Å². The Hall–Kier alpha value is -1.51. The van der Waals surface area contributed by atoms with Gasteiger partial charge in [0.25, 0.3) is 0 Å². The summed E-state index contributed by atoms with van der Waals surface area (Å²) in [7, 11) is 0. The summed E-state index contributed by atoms with van der Waals surface area (Å²) in [6, 6.07) is 7.16. The molecule has 0 unspecified atom stereocenters. The fourth-order valence-corrected chi connectivity index (χ4v) is 1.98. The van der Waals surface area contributed by atoms with E-state index < -0.39 is 5.97 Å². The van der Waals surface area contributed by atoms with Crippen LogP contribution < -0.4 is 4.90 Å². The summed E-state index contributed by atoms with van der Waals surface area (Å²) < 4.78 is 0. The standard InChI is InChI=1S/C13H17NO2/c1-9(2)11-7-14(8-11)12-5-3-4-10(6-12)13(15)16/h3-6,9,11H,7-8H2,1-2H3,(H,15,16). The number of benzene rings is 1. The number of rotatable bonds is 3. The highest BCUT2D eigenvalue weighted by molar-refractivity contribution is 5.88. The van der Waals surface area contributed by atoms with Gasteiger partial charge in [-0.15, -0.1) is 0 Å². The molecule has 1 saturated heterocycles. The average molecular weight is 219 g/mol. The highest BCUT2D eigenvalue weighted by Crippen LogP contribution is 2.29. The van der Waals surface area contributed by atoms with Crippen LogP contribution in [-0.4, -0.2) is 24.2 Å². The molecule has 1 N–H and O–H groups in total. The molecule has 0 atom stereocenters. The molecule has 1 aromatic rings. The third-order valence-electron chi connectivity index (χ3n) is 3.31. The van der Waals surface area contributed by atoms with Crippen molar-refractivity contribution in [2.75, 3.05) is 18.0 Å². The molecule has 1 aliphatic rings. The van der Waals surface area contributed by atoms with Crippen molar-refractivity contribution in [3.05, 3.63) is 29.8 Å². The van der Waals surface area contributed by atoms with Crippen LogP contribution in [0.15, 0.2) is 24.3 Å². The van der Waals surface area contributed by atoms with Crippen LogP contribution in [0.2, 0.25) is 0 Å². The Bertz CT molecular complexity index is 395. The van der Waals surface area contributed by atoms with Crippen LogP contribution in [0.1, 0.15) is 24.2 Å². The number of carboxylic acid groups (broad SMARTS) is 1. The van der Waals surface area contributed by atoms with Crippen molar-refractivity contribution < 1.29 is 9.90 Å². The predicted molar refractivity (Wildman–Crippen MR) is 63.9 cm³/mol. The van der Waals surface area contributed by atoms with Crippen LogP contribution in [0.4, 0.5) is 5.69 Å². The maximum absolute atomic E-state index is 10.8. The summed E-state index contributed by atoms with van der Waals surface area (Å²) >= 11 is 0. The lowest BCUT2D eigenvalue weighted by molar-refractivity contribution is 0.0697. The van der Waals surface area contributed by atoms with E-state index in [0.29, 0.717) is 11.5 Å². The molecule has 0 radical (unpaired) electrons. The van der Waals surface area contributed by atoms with Crippen molar-refractivity contribution in [1.29, 1.82) is 0 Å². The minimum atomic E-state index is -0.859. The van der Waals surface area contributed by atoms with Gasteiger partial charge in [0.2, 0.25) is 0 Å². The molecule has 2 rings (SSSR count). The maximum Gasteiger partial charge on any atom is 0.335 e. The lowest BCUT2D eigenvalue weighted by Gasteiger charge is -2.43. The summed E-state index contributed by atoms with van der Waals surface area (Å²) in [5.41, 5.74) is 1.39. The van der Waals surface area contributed by atoms with E-state index in [0.717, 1.165) is 24.7 Å². The molecule has 1 aliphatic heterocycles. The summed E-state index contributed by atoms with van der Waals surface area (Å²) in [6.45, 7) is 6.55. The van der Waals surface area contributed by atoms with Gasteiger partial charge in [-0.3, -0.25) is 0 Å². The molecular weight excluding hydrogens is 202 g/mol. The Morgan fingerprint density at radius 1 is 1.44 bits per heavy atom. The van der Waals surface area contributed by atoms with Crippen molar-refractivity contribution >= 4 is 11.7 Å². The third-order valence-corrected chi connectivity index (χ3v) is 3.31. The monoisotopic (exact) mass is 219 g/mol. The number of hydrogen-bond acceptors (Lipinski definition) is 2. The van der Waals surface area contributed by atoms with Crippen molar-refractivity contribution in [3.8, 4) is 0 Å². The summed E-state index contributed by atoms with van der Waals surface area (Å²) in [6.07, 6.45) is 0. The van der Waals surface area contributed by atoms with Gasteiger partial charge >= 0.3 is 5.97 Å². The number of carbonyl (C=O) groups is 1. The second-order valence-corrected chi connectivity index (χ2v) is 4.76. The number of carboxylic acids is 1. The maximum atomic E-state index is 10.8. The van der Waals surface area contributed by atoms with Gasteiger partial charge in [0.1, 0.15) is 0 Å². The fourth-order valence-electron chi connectivity index (χ4n) is 1.98. The van der Waals surface area contributed by atoms with E-state index >= 15 is 0 Å². The van der Waals surface area contributed by atoms with E-state index in [1.54, 1.807) is 12.1 Å². The zero-order valence-corrected chi connectivity index (χ0v) is 9.68. The van der Waals surface area contributed by atoms with Gasteiger partial charge in [-0.05, 0) is 30.0 Å². The average Bonchev–Trinajstić information content (AvgIpc) is 2.15. The van der Waals surface area contributed by atoms with Crippen LogP contribution in [0.25, 0.3) is 0 Å². The van der Waals surface area contributed by atoms with E-state index in [-0.39, 0.29) is 0 Å². The van der Waals surface area contributed by atoms with Crippen molar-refractivity contribution in [1.82, 2.24) is 0 Å². The summed E-state index contributed by atoms with van der Waals surface area (Å²) in [5, 5.41) is 8.90. The summed E-state index contributed by atoms with van der Waals surface area (Å²) in [5.74, 6) is 0.593. The molecule has 0 spiro atoms. The van der Waals surface area contributed by atoms with E-state index in [9.17, 15) is 4.79 Å². The number of nitrogens with zero attached hydrogens (tertiary/aromatic N) is 1. The zero-order valence-electron chi connectivity index (χ0n) is 9.68. The van der Waals surface area contributed by atoms with E-state index in [4.69, 9.17) is 5.11 Å². The van der Waals surface area contributed by atoms with Gasteiger partial charge in [0, 0.05) is 18.8 Å². The van der Waals surface area contributed by atoms with Crippen LogP contribution >= 0.6 is 0 Å². The first-order valence-corrected chi connectivity index (χ1v) is 5.66. The molecule has 0 amide bonds. The Balaban J connectivity index is 2.06. The van der Waals surface area contributed by atoms with Crippen molar-refractivity contribution in [3.63, 3.8) is 0 Å². The molecule has 16 heavy (non-hydrogen) atoms. The SMILES string of the molecule is CC(C)C1CN(c2cccc(C(=O)O)c2)C1. The first kappa shape index (κ1) is 11.0. The molecule has 3 nitrogen and oxygen atoms in total. The highest BCUT2D eigenvalue weighted by Gasteiger charge is 2.29.